The maximum absolute atomic E-state index is 13.8. The third kappa shape index (κ3) is 3.28. The molecule has 0 aromatic heterocycles. The molecule has 1 aliphatic rings. The summed E-state index contributed by atoms with van der Waals surface area (Å²) in [4.78, 5) is 12.2. The van der Waals surface area contributed by atoms with Crippen LogP contribution in [0, 0.1) is 28.9 Å². The molecule has 1 aromatic carbocycles. The second kappa shape index (κ2) is 6.38. The molecule has 1 saturated carbocycles. The van der Waals surface area contributed by atoms with E-state index in [-0.39, 0.29) is 23.7 Å². The van der Waals surface area contributed by atoms with Crippen LogP contribution in [0.1, 0.15) is 39.7 Å². The number of hydrogen-bond acceptors (Lipinski definition) is 2. The number of carbonyl (C=O) groups excluding carboxylic acids is 1. The Hall–Kier alpha value is -1.78. The molecular formula is C18H21F3O2. The van der Waals surface area contributed by atoms with Gasteiger partial charge in [-0.3, -0.25) is 4.79 Å². The van der Waals surface area contributed by atoms with Gasteiger partial charge in [-0.25, -0.2) is 13.2 Å². The minimum absolute atomic E-state index is 0.224. The second-order valence-corrected chi connectivity index (χ2v) is 6.53. The summed E-state index contributed by atoms with van der Waals surface area (Å²) in [6.07, 6.45) is 0.278. The van der Waals surface area contributed by atoms with E-state index in [1.54, 1.807) is 13.8 Å². The Labute approximate surface area is 134 Å². The number of esters is 1. The number of benzene rings is 1. The van der Waals surface area contributed by atoms with Gasteiger partial charge in [-0.15, -0.1) is 0 Å². The van der Waals surface area contributed by atoms with Gasteiger partial charge in [0, 0.05) is 5.92 Å². The maximum atomic E-state index is 13.8. The van der Waals surface area contributed by atoms with Gasteiger partial charge in [-0.05, 0) is 36.5 Å². The zero-order valence-corrected chi connectivity index (χ0v) is 13.8. The molecule has 1 unspecified atom stereocenters. The van der Waals surface area contributed by atoms with Crippen LogP contribution in [0.2, 0.25) is 0 Å². The fourth-order valence-electron chi connectivity index (χ4n) is 3.24. The van der Waals surface area contributed by atoms with Gasteiger partial charge in [0.2, 0.25) is 0 Å². The van der Waals surface area contributed by atoms with Crippen molar-refractivity contribution in [2.24, 2.45) is 17.3 Å². The van der Waals surface area contributed by atoms with E-state index in [1.807, 2.05) is 13.8 Å². The smallest absolute Gasteiger partial charge is 0.310 e. The summed E-state index contributed by atoms with van der Waals surface area (Å²) in [5.41, 5.74) is -0.138. The minimum Gasteiger partial charge on any atom is -0.460 e. The molecule has 2 atom stereocenters. The van der Waals surface area contributed by atoms with Gasteiger partial charge < -0.3 is 4.74 Å². The number of ether oxygens (including phenoxy) is 1. The number of halogens is 3. The van der Waals surface area contributed by atoms with Crippen LogP contribution in [0.5, 0.6) is 0 Å². The van der Waals surface area contributed by atoms with Crippen molar-refractivity contribution in [3.63, 3.8) is 0 Å². The fourth-order valence-corrected chi connectivity index (χ4v) is 3.24. The predicted octanol–water partition coefficient (Wildman–Crippen LogP) is 4.93. The van der Waals surface area contributed by atoms with Crippen molar-refractivity contribution in [3.05, 3.63) is 46.8 Å². The summed E-state index contributed by atoms with van der Waals surface area (Å²) >= 11 is 0. The van der Waals surface area contributed by atoms with Crippen molar-refractivity contribution >= 4 is 5.97 Å². The molecule has 2 nitrogen and oxygen atoms in total. The zero-order valence-electron chi connectivity index (χ0n) is 13.8. The highest BCUT2D eigenvalue weighted by Gasteiger charge is 2.63. The first-order chi connectivity index (χ1) is 10.7. The normalized spacial score (nSPS) is 23.3. The van der Waals surface area contributed by atoms with E-state index in [1.165, 1.54) is 6.07 Å². The van der Waals surface area contributed by atoms with Gasteiger partial charge in [-0.1, -0.05) is 26.8 Å². The maximum Gasteiger partial charge on any atom is 0.310 e. The van der Waals surface area contributed by atoms with Gasteiger partial charge in [0.25, 0.3) is 0 Å². The Morgan fingerprint density at radius 2 is 1.78 bits per heavy atom. The molecule has 0 radical (unpaired) electrons. The van der Waals surface area contributed by atoms with Crippen LogP contribution in [0.25, 0.3) is 0 Å². The van der Waals surface area contributed by atoms with Crippen molar-refractivity contribution < 1.29 is 22.7 Å². The molecule has 0 N–H and O–H groups in total. The average molecular weight is 326 g/mol. The Morgan fingerprint density at radius 1 is 1.22 bits per heavy atom. The summed E-state index contributed by atoms with van der Waals surface area (Å²) in [7, 11) is 0. The van der Waals surface area contributed by atoms with Crippen LogP contribution in [0.15, 0.2) is 29.6 Å². The predicted molar refractivity (Wildman–Crippen MR) is 81.0 cm³/mol. The lowest BCUT2D eigenvalue weighted by molar-refractivity contribution is -0.147. The molecule has 1 fully saturated rings. The lowest BCUT2D eigenvalue weighted by Crippen LogP contribution is -2.12. The zero-order chi connectivity index (χ0) is 17.4. The summed E-state index contributed by atoms with van der Waals surface area (Å²) in [5.74, 6) is -3.01. The van der Waals surface area contributed by atoms with E-state index in [4.69, 9.17) is 4.74 Å². The summed E-state index contributed by atoms with van der Waals surface area (Å²) in [5, 5.41) is 0. The van der Waals surface area contributed by atoms with Crippen molar-refractivity contribution in [3.8, 4) is 0 Å². The lowest BCUT2D eigenvalue weighted by atomic mass is 10.0. The van der Waals surface area contributed by atoms with Crippen LogP contribution < -0.4 is 0 Å². The quantitative estimate of drug-likeness (QED) is 0.717. The highest BCUT2D eigenvalue weighted by atomic mass is 19.1. The van der Waals surface area contributed by atoms with E-state index < -0.39 is 35.5 Å². The number of rotatable bonds is 5. The first-order valence-electron chi connectivity index (χ1n) is 7.66. The van der Waals surface area contributed by atoms with Crippen molar-refractivity contribution in [2.75, 3.05) is 0 Å². The topological polar surface area (TPSA) is 26.3 Å². The third-order valence-corrected chi connectivity index (χ3v) is 4.71. The van der Waals surface area contributed by atoms with E-state index in [2.05, 4.69) is 0 Å². The van der Waals surface area contributed by atoms with Crippen molar-refractivity contribution in [1.29, 1.82) is 0 Å². The molecule has 126 valence electrons. The second-order valence-electron chi connectivity index (χ2n) is 6.53. The molecule has 0 saturated heterocycles. The van der Waals surface area contributed by atoms with E-state index >= 15 is 0 Å². The Bertz CT molecular complexity index is 629. The SMILES string of the molecule is CC/C(F)=C(\C)C1[C@@H](C(=O)OCc2c(F)cccc2F)C1(C)C. The molecule has 1 aromatic rings. The summed E-state index contributed by atoms with van der Waals surface area (Å²) in [6.45, 7) is 6.65. The molecular weight excluding hydrogens is 305 g/mol. The Balaban J connectivity index is 2.08. The largest absolute Gasteiger partial charge is 0.460 e. The van der Waals surface area contributed by atoms with Gasteiger partial charge >= 0.3 is 5.97 Å². The first kappa shape index (κ1) is 17.6. The average Bonchev–Trinajstić information content (AvgIpc) is 3.07. The molecule has 0 amide bonds. The molecule has 5 heteroatoms. The molecule has 0 heterocycles. The molecule has 0 bridgehead atoms. The summed E-state index contributed by atoms with van der Waals surface area (Å²) in [6, 6.07) is 3.47. The number of carbonyl (C=O) groups is 1. The molecule has 1 aliphatic carbocycles. The highest BCUT2D eigenvalue weighted by Crippen LogP contribution is 2.62. The number of allylic oxidation sites excluding steroid dienone is 2. The first-order valence-corrected chi connectivity index (χ1v) is 7.66. The summed E-state index contributed by atoms with van der Waals surface area (Å²) < 4.78 is 45.9. The van der Waals surface area contributed by atoms with Gasteiger partial charge in [0.15, 0.2) is 0 Å². The molecule has 0 spiro atoms. The van der Waals surface area contributed by atoms with E-state index in [0.717, 1.165) is 12.1 Å². The van der Waals surface area contributed by atoms with Gasteiger partial charge in [0.1, 0.15) is 18.2 Å². The molecule has 2 rings (SSSR count). The Morgan fingerprint density at radius 3 is 2.30 bits per heavy atom. The van der Waals surface area contributed by atoms with E-state index in [0.29, 0.717) is 5.57 Å². The van der Waals surface area contributed by atoms with Crippen LogP contribution in [0.3, 0.4) is 0 Å². The monoisotopic (exact) mass is 326 g/mol. The third-order valence-electron chi connectivity index (χ3n) is 4.71. The van der Waals surface area contributed by atoms with Crippen LogP contribution in [-0.2, 0) is 16.1 Å². The molecule has 23 heavy (non-hydrogen) atoms. The van der Waals surface area contributed by atoms with Crippen molar-refractivity contribution in [1.82, 2.24) is 0 Å². The van der Waals surface area contributed by atoms with Crippen LogP contribution >= 0.6 is 0 Å². The van der Waals surface area contributed by atoms with E-state index in [9.17, 15) is 18.0 Å². The minimum atomic E-state index is -0.752. The molecule has 0 aliphatic heterocycles. The van der Waals surface area contributed by atoms with Gasteiger partial charge in [0.05, 0.1) is 17.3 Å². The lowest BCUT2D eigenvalue weighted by Gasteiger charge is -2.07. The van der Waals surface area contributed by atoms with Gasteiger partial charge in [-0.2, -0.15) is 0 Å². The van der Waals surface area contributed by atoms with Crippen LogP contribution in [0.4, 0.5) is 13.2 Å². The van der Waals surface area contributed by atoms with Crippen LogP contribution in [-0.4, -0.2) is 5.97 Å². The van der Waals surface area contributed by atoms with Crippen molar-refractivity contribution in [2.45, 2.75) is 40.7 Å². The fraction of sp³-hybridized carbons (Fsp3) is 0.500. The number of hydrogen-bond donors (Lipinski definition) is 0. The highest BCUT2D eigenvalue weighted by molar-refractivity contribution is 5.78. The Kier molecular flexibility index (Phi) is 4.87. The standard InChI is InChI=1S/C18H21F3O2/c1-5-12(19)10(2)15-16(18(15,3)4)17(22)23-9-11-13(20)7-6-8-14(11)21/h6-8,15-16H,5,9H2,1-4H3/b12-10-/t15?,16-/m0/s1.